The van der Waals surface area contributed by atoms with Crippen molar-refractivity contribution < 1.29 is 28.6 Å². The molecule has 1 saturated carbocycles. The number of pyridine rings is 1. The lowest BCUT2D eigenvalue weighted by molar-refractivity contribution is 0.122. The third kappa shape index (κ3) is 4.91. The highest BCUT2D eigenvalue weighted by Crippen LogP contribution is 3.02. The van der Waals surface area contributed by atoms with Crippen LogP contribution in [-0.4, -0.2) is 47.5 Å². The van der Waals surface area contributed by atoms with Gasteiger partial charge in [-0.05, 0) is 44.4 Å². The second kappa shape index (κ2) is 8.25. The highest BCUT2D eigenvalue weighted by Gasteiger charge is 2.65. The maximum absolute atomic E-state index is 14.1. The van der Waals surface area contributed by atoms with E-state index in [0.29, 0.717) is 62.2 Å². The molecule has 0 unspecified atom stereocenters. The average Bonchev–Trinajstić information content (AvgIpc) is 3.64. The second-order valence-electron chi connectivity index (χ2n) is 9.90. The van der Waals surface area contributed by atoms with Crippen molar-refractivity contribution in [3.05, 3.63) is 52.2 Å². The van der Waals surface area contributed by atoms with Crippen molar-refractivity contribution in [2.45, 2.75) is 43.2 Å². The molecule has 1 saturated heterocycles. The molecule has 0 bridgehead atoms. The number of aryl methyl sites for hydroxylation is 1. The summed E-state index contributed by atoms with van der Waals surface area (Å²) in [6.45, 7) is 3.98. The van der Waals surface area contributed by atoms with Crippen molar-refractivity contribution in [1.82, 2.24) is 14.5 Å². The number of nitrogens with zero attached hydrogens (tertiary/aromatic N) is 4. The van der Waals surface area contributed by atoms with E-state index in [1.54, 1.807) is 6.92 Å². The molecule has 2 fully saturated rings. The maximum Gasteiger partial charge on any atom is 0.310 e. The van der Waals surface area contributed by atoms with Gasteiger partial charge in [0.15, 0.2) is 0 Å². The topological polar surface area (TPSA) is 72.3 Å². The average molecular weight is 564 g/mol. The first kappa shape index (κ1) is 26.6. The molecule has 14 heteroatoms. The number of ether oxygens (including phenoxy) is 1. The van der Waals surface area contributed by atoms with Gasteiger partial charge in [0, 0.05) is 19.3 Å². The van der Waals surface area contributed by atoms with Crippen LogP contribution >= 0.6 is 10.2 Å². The van der Waals surface area contributed by atoms with Gasteiger partial charge in [-0.25, -0.2) is 14.4 Å². The Labute approximate surface area is 214 Å². The molecule has 3 heterocycles. The van der Waals surface area contributed by atoms with Gasteiger partial charge in [0.25, 0.3) is 5.56 Å². The minimum Gasteiger partial charge on any atom is -0.378 e. The summed E-state index contributed by atoms with van der Waals surface area (Å²) in [5, 5.41) is 3.38. The van der Waals surface area contributed by atoms with Crippen molar-refractivity contribution >= 4 is 32.6 Å². The predicted octanol–water partition coefficient (Wildman–Crippen LogP) is 6.23. The fourth-order valence-electron chi connectivity index (χ4n) is 4.72. The summed E-state index contributed by atoms with van der Waals surface area (Å²) < 4.78 is 87.9. The van der Waals surface area contributed by atoms with Crippen molar-refractivity contribution in [2.75, 3.05) is 43.2 Å². The van der Waals surface area contributed by atoms with Crippen LogP contribution in [0, 0.1) is 6.92 Å². The zero-order valence-corrected chi connectivity index (χ0v) is 21.5. The molecule has 0 amide bonds. The number of alkyl halides is 1. The molecule has 3 aromatic rings. The molecule has 2 aliphatic rings. The molecule has 0 spiro atoms. The Bertz CT molecular complexity index is 1470. The van der Waals surface area contributed by atoms with Gasteiger partial charge >= 0.3 is 10.2 Å². The van der Waals surface area contributed by atoms with Crippen LogP contribution in [0.1, 0.15) is 37.2 Å². The van der Waals surface area contributed by atoms with Gasteiger partial charge in [-0.2, -0.15) is 0 Å². The first-order valence-corrected chi connectivity index (χ1v) is 14.0. The van der Waals surface area contributed by atoms with Crippen molar-refractivity contribution in [2.24, 2.45) is 0 Å². The van der Waals surface area contributed by atoms with E-state index in [2.05, 4.69) is 15.3 Å². The molecular weight excluding hydrogens is 536 g/mol. The first-order chi connectivity index (χ1) is 17.6. The quantitative estimate of drug-likeness (QED) is 0.344. The zero-order chi connectivity index (χ0) is 27.6. The molecule has 1 aliphatic heterocycles. The Morgan fingerprint density at radius 1 is 1.13 bits per heavy atom. The summed E-state index contributed by atoms with van der Waals surface area (Å²) in [5.41, 5.74) is -0.824. The van der Waals surface area contributed by atoms with E-state index < -0.39 is 38.9 Å². The van der Waals surface area contributed by atoms with Crippen molar-refractivity contribution in [3.63, 3.8) is 0 Å². The molecule has 0 radical (unpaired) electrons. The number of morpholine rings is 1. The lowest BCUT2D eigenvalue weighted by Crippen LogP contribution is -2.42. The van der Waals surface area contributed by atoms with E-state index in [4.69, 9.17) is 4.74 Å². The highest BCUT2D eigenvalue weighted by atomic mass is 32.5. The van der Waals surface area contributed by atoms with Gasteiger partial charge in [-0.3, -0.25) is 4.79 Å². The van der Waals surface area contributed by atoms with Crippen molar-refractivity contribution in [3.8, 4) is 0 Å². The van der Waals surface area contributed by atoms with E-state index in [9.17, 15) is 28.6 Å². The standard InChI is InChI=1S/C24H27F6N5O2S/c1-15(17-4-3-5-18(12-17)38(26,27,28,29)30)31-22-19-13-35(24(14-25)6-7-24)23(36)21(20(19)32-16(2)33-22)34-8-10-37-11-9-34/h3-5,12-13,15H,6-11,14H2,1-2H3,(H,31,32,33)/t15-/m1/s1. The smallest absolute Gasteiger partial charge is 0.310 e. The van der Waals surface area contributed by atoms with Crippen LogP contribution in [0.25, 0.3) is 10.9 Å². The molecular formula is C24H27F6N5O2S. The summed E-state index contributed by atoms with van der Waals surface area (Å²) in [7, 11) is -9.88. The Balaban J connectivity index is 1.64. The van der Waals surface area contributed by atoms with E-state index in [1.807, 2.05) is 4.90 Å². The van der Waals surface area contributed by atoms with Crippen LogP contribution in [0.2, 0.25) is 0 Å². The SMILES string of the molecule is Cc1nc(N[C@H](C)c2cccc(S(F)(F)(F)(F)F)c2)c2cn(C3(CF)CC3)c(=O)c(N3CCOCC3)c2n1. The summed E-state index contributed by atoms with van der Waals surface area (Å²) in [6, 6.07) is 2.12. The van der Waals surface area contributed by atoms with E-state index in [0.717, 1.165) is 6.07 Å². The molecule has 1 atom stereocenters. The van der Waals surface area contributed by atoms with E-state index in [-0.39, 0.29) is 22.9 Å². The van der Waals surface area contributed by atoms with Crippen LogP contribution in [0.3, 0.4) is 0 Å². The van der Waals surface area contributed by atoms with Gasteiger partial charge in [-0.1, -0.05) is 31.6 Å². The van der Waals surface area contributed by atoms with Crippen LogP contribution in [0.15, 0.2) is 40.2 Å². The number of halogens is 6. The number of nitrogens with one attached hydrogen (secondary N) is 1. The zero-order valence-electron chi connectivity index (χ0n) is 20.7. The van der Waals surface area contributed by atoms with Gasteiger partial charge < -0.3 is 19.5 Å². The third-order valence-corrected chi connectivity index (χ3v) is 8.18. The molecule has 38 heavy (non-hydrogen) atoms. The van der Waals surface area contributed by atoms with Crippen LogP contribution in [0.5, 0.6) is 0 Å². The largest absolute Gasteiger partial charge is 0.378 e. The number of aromatic nitrogens is 3. The van der Waals surface area contributed by atoms with Crippen molar-refractivity contribution in [1.29, 1.82) is 0 Å². The van der Waals surface area contributed by atoms with Gasteiger partial charge in [0.2, 0.25) is 0 Å². The number of hydrogen-bond donors (Lipinski definition) is 1. The maximum atomic E-state index is 14.1. The summed E-state index contributed by atoms with van der Waals surface area (Å²) in [5.74, 6) is 0.474. The second-order valence-corrected chi connectivity index (χ2v) is 12.3. The molecule has 2 aromatic heterocycles. The van der Waals surface area contributed by atoms with Crippen LogP contribution in [0.4, 0.5) is 35.3 Å². The predicted molar refractivity (Wildman–Crippen MR) is 135 cm³/mol. The number of hydrogen-bond acceptors (Lipinski definition) is 6. The Kier molecular flexibility index (Phi) is 5.77. The van der Waals surface area contributed by atoms with Gasteiger partial charge in [0.05, 0.1) is 30.2 Å². The normalized spacial score (nSPS) is 20.1. The highest BCUT2D eigenvalue weighted by molar-refractivity contribution is 8.45. The molecule has 1 N–H and O–H groups in total. The van der Waals surface area contributed by atoms with E-state index >= 15 is 0 Å². The molecule has 208 valence electrons. The Morgan fingerprint density at radius 2 is 1.82 bits per heavy atom. The monoisotopic (exact) mass is 563 g/mol. The van der Waals surface area contributed by atoms with Gasteiger partial charge in [-0.15, -0.1) is 0 Å². The summed E-state index contributed by atoms with van der Waals surface area (Å²) in [4.78, 5) is 22.4. The number of rotatable bonds is 7. The minimum absolute atomic E-state index is 0.0377. The summed E-state index contributed by atoms with van der Waals surface area (Å²) in [6.07, 6.45) is 2.43. The number of anilines is 2. The molecule has 7 nitrogen and oxygen atoms in total. The molecule has 5 rings (SSSR count). The molecule has 1 aliphatic carbocycles. The summed E-state index contributed by atoms with van der Waals surface area (Å²) >= 11 is 0. The third-order valence-electron chi connectivity index (χ3n) is 7.03. The fourth-order valence-corrected chi connectivity index (χ4v) is 5.41. The van der Waals surface area contributed by atoms with Gasteiger partial charge in [0.1, 0.15) is 34.4 Å². The number of benzene rings is 1. The van der Waals surface area contributed by atoms with Crippen LogP contribution < -0.4 is 15.8 Å². The Hall–Kier alpha value is -3.00. The fraction of sp³-hybridized carbons (Fsp3) is 0.458. The van der Waals surface area contributed by atoms with Crippen LogP contribution in [-0.2, 0) is 10.3 Å². The first-order valence-electron chi connectivity index (χ1n) is 12.1. The number of fused-ring (bicyclic) bond motifs is 1. The van der Waals surface area contributed by atoms with E-state index in [1.165, 1.54) is 23.8 Å². The molecule has 1 aromatic carbocycles. The lowest BCUT2D eigenvalue weighted by atomic mass is 10.1. The Morgan fingerprint density at radius 3 is 2.42 bits per heavy atom. The lowest BCUT2D eigenvalue weighted by Gasteiger charge is -2.40. The minimum atomic E-state index is -9.88.